The van der Waals surface area contributed by atoms with Crippen LogP contribution in [-0.4, -0.2) is 28.8 Å². The number of hydrogen-bond donors (Lipinski definition) is 2. The van der Waals surface area contributed by atoms with Crippen LogP contribution in [0.2, 0.25) is 5.02 Å². The van der Waals surface area contributed by atoms with E-state index in [9.17, 15) is 20.0 Å². The average molecular weight is 586 g/mol. The Bertz CT molecular complexity index is 939. The smallest absolute Gasteiger partial charge is 0.312 e. The molecule has 2 N–H and O–H groups in total. The van der Waals surface area contributed by atoms with Crippen molar-refractivity contribution in [3.05, 3.63) is 58.4 Å². The Balaban J connectivity index is 2.01. The highest BCUT2D eigenvalue weighted by Crippen LogP contribution is 2.38. The van der Waals surface area contributed by atoms with E-state index in [1.165, 1.54) is 18.3 Å². The number of carbonyl (C=O) groups is 1. The molecule has 0 aliphatic rings. The van der Waals surface area contributed by atoms with Crippen LogP contribution in [-0.2, 0) is 4.79 Å². The summed E-state index contributed by atoms with van der Waals surface area (Å²) < 4.78 is 6.61. The molecular formula is C15H9Br3ClN3O5. The molecule has 27 heavy (non-hydrogen) atoms. The third-order valence-electron chi connectivity index (χ3n) is 3.04. The predicted molar refractivity (Wildman–Crippen MR) is 111 cm³/mol. The zero-order chi connectivity index (χ0) is 20.1. The monoisotopic (exact) mass is 583 g/mol. The highest BCUT2D eigenvalue weighted by atomic mass is 79.9. The van der Waals surface area contributed by atoms with Gasteiger partial charge in [-0.25, -0.2) is 5.43 Å². The molecule has 12 heteroatoms. The third-order valence-corrected chi connectivity index (χ3v) is 5.34. The Labute approximate surface area is 183 Å². The standard InChI is InChI=1S/C15H9Br3ClN3O5/c16-9-4-10(17)15(24)14(18)8(9)5-20-21-13(23)6-27-12-2-1-7(19)3-11(12)22(25)26/h1-5,24H,6H2,(H,21,23)/b20-5-. The lowest BCUT2D eigenvalue weighted by Gasteiger charge is -2.07. The van der Waals surface area contributed by atoms with Crippen molar-refractivity contribution in [1.82, 2.24) is 5.43 Å². The van der Waals surface area contributed by atoms with Gasteiger partial charge in [0, 0.05) is 21.1 Å². The van der Waals surface area contributed by atoms with Crippen LogP contribution in [0.1, 0.15) is 5.56 Å². The molecule has 0 radical (unpaired) electrons. The zero-order valence-electron chi connectivity index (χ0n) is 13.1. The van der Waals surface area contributed by atoms with Gasteiger partial charge in [0.05, 0.1) is 20.1 Å². The molecule has 0 fully saturated rings. The molecule has 0 aromatic heterocycles. The Kier molecular flexibility index (Phi) is 7.59. The summed E-state index contributed by atoms with van der Waals surface area (Å²) >= 11 is 15.4. The Morgan fingerprint density at radius 2 is 2.04 bits per heavy atom. The van der Waals surface area contributed by atoms with Gasteiger partial charge >= 0.3 is 5.69 Å². The van der Waals surface area contributed by atoms with Crippen LogP contribution >= 0.6 is 59.4 Å². The van der Waals surface area contributed by atoms with E-state index in [4.69, 9.17) is 16.3 Å². The van der Waals surface area contributed by atoms with E-state index >= 15 is 0 Å². The first kappa shape index (κ1) is 21.6. The summed E-state index contributed by atoms with van der Waals surface area (Å²) in [6.45, 7) is -0.492. The van der Waals surface area contributed by atoms with Crippen LogP contribution in [0, 0.1) is 10.1 Å². The topological polar surface area (TPSA) is 114 Å². The number of rotatable bonds is 6. The Morgan fingerprint density at radius 3 is 2.70 bits per heavy atom. The number of halogens is 4. The molecule has 0 saturated carbocycles. The maximum Gasteiger partial charge on any atom is 0.312 e. The van der Waals surface area contributed by atoms with Gasteiger partial charge in [0.25, 0.3) is 5.91 Å². The van der Waals surface area contributed by atoms with Crippen molar-refractivity contribution in [2.45, 2.75) is 0 Å². The summed E-state index contributed by atoms with van der Waals surface area (Å²) in [7, 11) is 0. The van der Waals surface area contributed by atoms with E-state index < -0.39 is 17.4 Å². The maximum atomic E-state index is 11.8. The number of hydrogen-bond acceptors (Lipinski definition) is 6. The summed E-state index contributed by atoms with van der Waals surface area (Å²) in [4.78, 5) is 22.1. The number of benzene rings is 2. The lowest BCUT2D eigenvalue weighted by Crippen LogP contribution is -2.24. The zero-order valence-corrected chi connectivity index (χ0v) is 18.6. The second kappa shape index (κ2) is 9.49. The minimum absolute atomic E-state index is 0.0237. The van der Waals surface area contributed by atoms with Crippen LogP contribution in [0.3, 0.4) is 0 Å². The predicted octanol–water partition coefficient (Wildman–Crippen LogP) is 4.77. The lowest BCUT2D eigenvalue weighted by atomic mass is 10.2. The first-order valence-corrected chi connectivity index (χ1v) is 9.71. The SMILES string of the molecule is O=C(COc1ccc(Cl)cc1[N+](=O)[O-])N/N=C\c1c(Br)cc(Br)c(O)c1Br. The number of aromatic hydroxyl groups is 1. The van der Waals surface area contributed by atoms with Crippen LogP contribution in [0.15, 0.2) is 42.8 Å². The maximum absolute atomic E-state index is 11.8. The molecule has 0 spiro atoms. The van der Waals surface area contributed by atoms with Crippen LogP contribution in [0.5, 0.6) is 11.5 Å². The van der Waals surface area contributed by atoms with Crippen molar-refractivity contribution in [3.63, 3.8) is 0 Å². The highest BCUT2D eigenvalue weighted by molar-refractivity contribution is 9.11. The van der Waals surface area contributed by atoms with Gasteiger partial charge in [-0.2, -0.15) is 5.10 Å². The molecule has 0 heterocycles. The molecule has 142 valence electrons. The van der Waals surface area contributed by atoms with E-state index in [2.05, 4.69) is 58.3 Å². The van der Waals surface area contributed by atoms with Gasteiger partial charge in [0.15, 0.2) is 12.4 Å². The number of hydrazone groups is 1. The summed E-state index contributed by atoms with van der Waals surface area (Å²) in [6.07, 6.45) is 1.31. The number of amides is 1. The summed E-state index contributed by atoms with van der Waals surface area (Å²) in [5.74, 6) is -0.750. The van der Waals surface area contributed by atoms with E-state index in [0.717, 1.165) is 6.07 Å². The minimum Gasteiger partial charge on any atom is -0.506 e. The largest absolute Gasteiger partial charge is 0.506 e. The van der Waals surface area contributed by atoms with E-state index in [1.54, 1.807) is 6.07 Å². The summed E-state index contributed by atoms with van der Waals surface area (Å²) in [6, 6.07) is 5.46. The molecule has 0 bridgehead atoms. The number of nitrogens with zero attached hydrogens (tertiary/aromatic N) is 2. The lowest BCUT2D eigenvalue weighted by molar-refractivity contribution is -0.385. The average Bonchev–Trinajstić information content (AvgIpc) is 2.61. The molecule has 0 atom stereocenters. The van der Waals surface area contributed by atoms with Crippen molar-refractivity contribution >= 4 is 77.2 Å². The van der Waals surface area contributed by atoms with Gasteiger partial charge in [-0.1, -0.05) is 27.5 Å². The van der Waals surface area contributed by atoms with Gasteiger partial charge < -0.3 is 9.84 Å². The fourth-order valence-corrected chi connectivity index (χ4v) is 4.30. The number of ether oxygens (including phenoxy) is 1. The fraction of sp³-hybridized carbons (Fsp3) is 0.0667. The quantitative estimate of drug-likeness (QED) is 0.288. The van der Waals surface area contributed by atoms with Crippen LogP contribution in [0.25, 0.3) is 0 Å². The van der Waals surface area contributed by atoms with E-state index in [0.29, 0.717) is 19.0 Å². The molecule has 0 saturated heterocycles. The number of phenolic OH excluding ortho intramolecular Hbond substituents is 1. The van der Waals surface area contributed by atoms with Gasteiger partial charge in [-0.15, -0.1) is 0 Å². The second-order valence-electron chi connectivity index (χ2n) is 4.87. The number of carbonyl (C=O) groups excluding carboxylic acids is 1. The molecule has 0 aliphatic heterocycles. The number of nitrogens with one attached hydrogen (secondary N) is 1. The molecule has 2 rings (SSSR count). The normalized spacial score (nSPS) is 10.8. The molecular weight excluding hydrogens is 577 g/mol. The van der Waals surface area contributed by atoms with Gasteiger partial charge in [-0.3, -0.25) is 14.9 Å². The van der Waals surface area contributed by atoms with Crippen LogP contribution in [0.4, 0.5) is 5.69 Å². The molecule has 2 aromatic rings. The van der Waals surface area contributed by atoms with Gasteiger partial charge in [-0.05, 0) is 50.1 Å². The van der Waals surface area contributed by atoms with Gasteiger partial charge in [0.1, 0.15) is 5.75 Å². The van der Waals surface area contributed by atoms with Gasteiger partial charge in [0.2, 0.25) is 0 Å². The van der Waals surface area contributed by atoms with E-state index in [-0.39, 0.29) is 22.2 Å². The number of nitro groups is 1. The highest BCUT2D eigenvalue weighted by Gasteiger charge is 2.17. The second-order valence-corrected chi connectivity index (χ2v) is 7.81. The number of nitro benzene ring substituents is 1. The first-order chi connectivity index (χ1) is 12.7. The first-order valence-electron chi connectivity index (χ1n) is 6.95. The molecule has 8 nitrogen and oxygen atoms in total. The van der Waals surface area contributed by atoms with Crippen LogP contribution < -0.4 is 10.2 Å². The molecule has 0 unspecified atom stereocenters. The minimum atomic E-state index is -0.660. The molecule has 1 amide bonds. The van der Waals surface area contributed by atoms with Crippen molar-refractivity contribution in [1.29, 1.82) is 0 Å². The van der Waals surface area contributed by atoms with Crippen molar-refractivity contribution in [2.24, 2.45) is 5.10 Å². The van der Waals surface area contributed by atoms with Crippen molar-refractivity contribution in [2.75, 3.05) is 6.61 Å². The summed E-state index contributed by atoms with van der Waals surface area (Å²) in [5.41, 5.74) is 2.37. The Morgan fingerprint density at radius 1 is 1.33 bits per heavy atom. The Hall–Kier alpha value is -1.69. The third kappa shape index (κ3) is 5.64. The van der Waals surface area contributed by atoms with Crippen molar-refractivity contribution < 1.29 is 19.6 Å². The summed E-state index contributed by atoms with van der Waals surface area (Å²) in [5, 5.41) is 24.8. The fourth-order valence-electron chi connectivity index (χ4n) is 1.81. The number of phenols is 1. The molecule has 2 aromatic carbocycles. The van der Waals surface area contributed by atoms with E-state index in [1.807, 2.05) is 0 Å². The molecule has 0 aliphatic carbocycles. The van der Waals surface area contributed by atoms with Crippen molar-refractivity contribution in [3.8, 4) is 11.5 Å².